The Bertz CT molecular complexity index is 607. The van der Waals surface area contributed by atoms with Crippen molar-refractivity contribution in [2.24, 2.45) is 5.73 Å². The Labute approximate surface area is 117 Å². The largest absolute Gasteiger partial charge is 0.378 e. The molecule has 0 bridgehead atoms. The van der Waals surface area contributed by atoms with E-state index >= 15 is 0 Å². The lowest BCUT2D eigenvalue weighted by Gasteiger charge is -2.17. The van der Waals surface area contributed by atoms with Crippen LogP contribution >= 0.6 is 0 Å². The molecule has 1 atom stereocenters. The summed E-state index contributed by atoms with van der Waals surface area (Å²) in [4.78, 5) is 1.96. The molecule has 2 aromatic carbocycles. The summed E-state index contributed by atoms with van der Waals surface area (Å²) in [5, 5.41) is 0. The third kappa shape index (κ3) is 2.65. The summed E-state index contributed by atoms with van der Waals surface area (Å²) in [5.41, 5.74) is 8.27. The van der Waals surface area contributed by atoms with Gasteiger partial charge in [0.2, 0.25) is 0 Å². The van der Waals surface area contributed by atoms with Gasteiger partial charge < -0.3 is 10.6 Å². The molecule has 1 unspecified atom stereocenters. The number of nitrogens with two attached hydrogens (primary N) is 1. The van der Waals surface area contributed by atoms with Crippen LogP contribution in [0.15, 0.2) is 36.4 Å². The molecular formula is C16H18F2N2. The lowest BCUT2D eigenvalue weighted by atomic mass is 9.97. The predicted molar refractivity (Wildman–Crippen MR) is 77.9 cm³/mol. The quantitative estimate of drug-likeness (QED) is 0.931. The van der Waals surface area contributed by atoms with Crippen molar-refractivity contribution in [2.45, 2.75) is 13.0 Å². The fraction of sp³-hybridized carbons (Fsp3) is 0.250. The highest BCUT2D eigenvalue weighted by Gasteiger charge is 2.18. The van der Waals surface area contributed by atoms with Gasteiger partial charge in [-0.3, -0.25) is 0 Å². The van der Waals surface area contributed by atoms with Crippen molar-refractivity contribution in [1.82, 2.24) is 0 Å². The first-order chi connectivity index (χ1) is 9.41. The second-order valence-corrected chi connectivity index (χ2v) is 5.06. The van der Waals surface area contributed by atoms with Gasteiger partial charge in [-0.1, -0.05) is 24.3 Å². The molecule has 2 N–H and O–H groups in total. The fourth-order valence-electron chi connectivity index (χ4n) is 2.06. The number of nitrogens with zero attached hydrogens (tertiary/aromatic N) is 1. The molecule has 2 nitrogen and oxygen atoms in total. The van der Waals surface area contributed by atoms with Gasteiger partial charge in [0.25, 0.3) is 0 Å². The standard InChI is InChI=1S/C16H18F2N2/c1-10-4-9-13(15(18)14(10)17)16(19)11-5-7-12(8-6-11)20(2)3/h4-9,16H,19H2,1-3H3. The topological polar surface area (TPSA) is 29.3 Å². The molecule has 0 saturated heterocycles. The number of anilines is 1. The zero-order valence-corrected chi connectivity index (χ0v) is 11.8. The molecule has 0 fully saturated rings. The highest BCUT2D eigenvalue weighted by atomic mass is 19.2. The van der Waals surface area contributed by atoms with E-state index in [0.717, 1.165) is 11.3 Å². The van der Waals surface area contributed by atoms with Crippen molar-refractivity contribution >= 4 is 5.69 Å². The van der Waals surface area contributed by atoms with Gasteiger partial charge in [0.1, 0.15) is 0 Å². The Morgan fingerprint density at radius 1 is 0.950 bits per heavy atom. The lowest BCUT2D eigenvalue weighted by Crippen LogP contribution is -2.15. The molecule has 0 aliphatic heterocycles. The van der Waals surface area contributed by atoms with Crippen LogP contribution in [-0.4, -0.2) is 14.1 Å². The molecule has 0 heterocycles. The number of hydrogen-bond acceptors (Lipinski definition) is 2. The second kappa shape index (κ2) is 5.59. The molecule has 0 amide bonds. The first-order valence-electron chi connectivity index (χ1n) is 6.39. The smallest absolute Gasteiger partial charge is 0.164 e. The van der Waals surface area contributed by atoms with E-state index in [2.05, 4.69) is 0 Å². The van der Waals surface area contributed by atoms with Crippen LogP contribution in [0.25, 0.3) is 0 Å². The number of benzene rings is 2. The first-order valence-corrected chi connectivity index (χ1v) is 6.39. The molecule has 2 rings (SSSR count). The van der Waals surface area contributed by atoms with Gasteiger partial charge in [0.05, 0.1) is 6.04 Å². The average molecular weight is 276 g/mol. The Hall–Kier alpha value is -1.94. The predicted octanol–water partition coefficient (Wildman–Crippen LogP) is 3.39. The SMILES string of the molecule is Cc1ccc(C(N)c2ccc(N(C)C)cc2)c(F)c1F. The van der Waals surface area contributed by atoms with Gasteiger partial charge in [0, 0.05) is 25.3 Å². The van der Waals surface area contributed by atoms with Crippen molar-refractivity contribution in [3.8, 4) is 0 Å². The minimum Gasteiger partial charge on any atom is -0.378 e. The lowest BCUT2D eigenvalue weighted by molar-refractivity contribution is 0.489. The van der Waals surface area contributed by atoms with Crippen molar-refractivity contribution in [3.05, 3.63) is 64.7 Å². The fourth-order valence-corrected chi connectivity index (χ4v) is 2.06. The number of halogens is 2. The van der Waals surface area contributed by atoms with Crippen LogP contribution in [0.2, 0.25) is 0 Å². The molecule has 106 valence electrons. The number of rotatable bonds is 3. The minimum atomic E-state index is -0.866. The molecule has 0 aromatic heterocycles. The average Bonchev–Trinajstić information content (AvgIpc) is 2.44. The molecule has 0 saturated carbocycles. The summed E-state index contributed by atoms with van der Waals surface area (Å²) in [7, 11) is 3.87. The van der Waals surface area contributed by atoms with Crippen molar-refractivity contribution < 1.29 is 8.78 Å². The van der Waals surface area contributed by atoms with Gasteiger partial charge in [-0.05, 0) is 30.2 Å². The zero-order chi connectivity index (χ0) is 14.9. The summed E-state index contributed by atoms with van der Waals surface area (Å²) < 4.78 is 27.5. The molecule has 0 aliphatic carbocycles. The Kier molecular flexibility index (Phi) is 4.04. The van der Waals surface area contributed by atoms with Crippen LogP contribution in [0.1, 0.15) is 22.7 Å². The maximum absolute atomic E-state index is 13.9. The summed E-state index contributed by atoms with van der Waals surface area (Å²) >= 11 is 0. The zero-order valence-electron chi connectivity index (χ0n) is 11.8. The van der Waals surface area contributed by atoms with E-state index in [1.807, 2.05) is 43.3 Å². The van der Waals surface area contributed by atoms with E-state index in [1.165, 1.54) is 13.0 Å². The van der Waals surface area contributed by atoms with Crippen molar-refractivity contribution in [3.63, 3.8) is 0 Å². The highest BCUT2D eigenvalue weighted by molar-refractivity contribution is 5.47. The third-order valence-corrected chi connectivity index (χ3v) is 3.41. The number of hydrogen-bond donors (Lipinski definition) is 1. The van der Waals surface area contributed by atoms with Gasteiger partial charge >= 0.3 is 0 Å². The van der Waals surface area contributed by atoms with E-state index in [1.54, 1.807) is 6.07 Å². The third-order valence-electron chi connectivity index (χ3n) is 3.41. The molecule has 0 radical (unpaired) electrons. The highest BCUT2D eigenvalue weighted by Crippen LogP contribution is 2.26. The van der Waals surface area contributed by atoms with Crippen molar-refractivity contribution in [1.29, 1.82) is 0 Å². The first kappa shape index (κ1) is 14.5. The van der Waals surface area contributed by atoms with Crippen LogP contribution in [0.5, 0.6) is 0 Å². The Morgan fingerprint density at radius 3 is 2.10 bits per heavy atom. The summed E-state index contributed by atoms with van der Waals surface area (Å²) in [5.74, 6) is -1.70. The maximum atomic E-state index is 13.9. The van der Waals surface area contributed by atoms with E-state index in [9.17, 15) is 8.78 Å². The Balaban J connectivity index is 2.36. The molecule has 2 aromatic rings. The van der Waals surface area contributed by atoms with Gasteiger partial charge in [-0.15, -0.1) is 0 Å². The summed E-state index contributed by atoms with van der Waals surface area (Å²) in [6.07, 6.45) is 0. The van der Waals surface area contributed by atoms with Crippen LogP contribution < -0.4 is 10.6 Å². The summed E-state index contributed by atoms with van der Waals surface area (Å²) in [6.45, 7) is 1.53. The van der Waals surface area contributed by atoms with Crippen LogP contribution in [0.3, 0.4) is 0 Å². The molecular weight excluding hydrogens is 258 g/mol. The van der Waals surface area contributed by atoms with E-state index in [-0.39, 0.29) is 11.1 Å². The molecule has 0 spiro atoms. The van der Waals surface area contributed by atoms with Gasteiger partial charge in [0.15, 0.2) is 11.6 Å². The van der Waals surface area contributed by atoms with Crippen LogP contribution in [0, 0.1) is 18.6 Å². The van der Waals surface area contributed by atoms with Crippen LogP contribution in [-0.2, 0) is 0 Å². The van der Waals surface area contributed by atoms with Gasteiger partial charge in [-0.2, -0.15) is 0 Å². The molecule has 20 heavy (non-hydrogen) atoms. The Morgan fingerprint density at radius 2 is 1.55 bits per heavy atom. The van der Waals surface area contributed by atoms with E-state index in [0.29, 0.717) is 0 Å². The summed E-state index contributed by atoms with van der Waals surface area (Å²) in [6, 6.07) is 9.87. The van der Waals surface area contributed by atoms with E-state index in [4.69, 9.17) is 5.73 Å². The molecule has 0 aliphatic rings. The van der Waals surface area contributed by atoms with Gasteiger partial charge in [-0.25, -0.2) is 8.78 Å². The normalized spacial score (nSPS) is 12.3. The minimum absolute atomic E-state index is 0.172. The van der Waals surface area contributed by atoms with Crippen LogP contribution in [0.4, 0.5) is 14.5 Å². The van der Waals surface area contributed by atoms with Crippen molar-refractivity contribution in [2.75, 3.05) is 19.0 Å². The number of aryl methyl sites for hydroxylation is 1. The second-order valence-electron chi connectivity index (χ2n) is 5.06. The van der Waals surface area contributed by atoms with E-state index < -0.39 is 17.7 Å². The molecule has 4 heteroatoms. The monoisotopic (exact) mass is 276 g/mol. The maximum Gasteiger partial charge on any atom is 0.164 e.